The molecule has 0 aliphatic carbocycles. The number of halogens is 3. The van der Waals surface area contributed by atoms with Crippen LogP contribution >= 0.6 is 0 Å². The lowest BCUT2D eigenvalue weighted by atomic mass is 10.1. The van der Waals surface area contributed by atoms with Gasteiger partial charge in [-0.05, 0) is 36.4 Å². The van der Waals surface area contributed by atoms with Crippen LogP contribution in [0.3, 0.4) is 0 Å². The third kappa shape index (κ3) is 4.69. The van der Waals surface area contributed by atoms with Crippen LogP contribution in [-0.2, 0) is 15.7 Å². The highest BCUT2D eigenvalue weighted by molar-refractivity contribution is 6.05. The summed E-state index contributed by atoms with van der Waals surface area (Å²) in [4.78, 5) is 40.8. The molecule has 0 spiro atoms. The fourth-order valence-electron chi connectivity index (χ4n) is 3.20. The van der Waals surface area contributed by atoms with Crippen LogP contribution in [0.4, 0.5) is 18.9 Å². The van der Waals surface area contributed by atoms with Gasteiger partial charge in [-0.25, -0.2) is 19.1 Å². The van der Waals surface area contributed by atoms with Gasteiger partial charge in [0.05, 0.1) is 31.6 Å². The number of carbonyl (C=O) groups excluding carboxylic acids is 3. The lowest BCUT2D eigenvalue weighted by Gasteiger charge is -2.10. The second-order valence-electron chi connectivity index (χ2n) is 7.04. The Morgan fingerprint density at radius 3 is 2.20 bits per heavy atom. The number of aromatic nitrogens is 3. The quantitative estimate of drug-likeness (QED) is 0.420. The number of nitrogens with zero attached hydrogens (tertiary/aromatic N) is 3. The van der Waals surface area contributed by atoms with Crippen molar-refractivity contribution in [2.75, 3.05) is 19.5 Å². The molecule has 3 aromatic heterocycles. The number of benzene rings is 1. The van der Waals surface area contributed by atoms with E-state index in [1.54, 1.807) is 0 Å². The largest absolute Gasteiger partial charge is 0.465 e. The molecule has 0 bridgehead atoms. The zero-order valence-electron chi connectivity index (χ0n) is 18.0. The highest BCUT2D eigenvalue weighted by Crippen LogP contribution is 2.32. The van der Waals surface area contributed by atoms with Gasteiger partial charge in [-0.15, -0.1) is 0 Å². The van der Waals surface area contributed by atoms with Crippen molar-refractivity contribution in [3.8, 4) is 11.5 Å². The minimum absolute atomic E-state index is 0.0179. The lowest BCUT2D eigenvalue weighted by molar-refractivity contribution is -0.142. The number of hydrogen-bond acceptors (Lipinski definition) is 8. The molecule has 0 saturated carbocycles. The number of hydrogen-bond donors (Lipinski definition) is 1. The summed E-state index contributed by atoms with van der Waals surface area (Å²) in [6.07, 6.45) is -3.53. The second-order valence-corrected chi connectivity index (χ2v) is 7.04. The smallest absolute Gasteiger partial charge is 0.433 e. The summed E-state index contributed by atoms with van der Waals surface area (Å²) in [5.74, 6) is -2.40. The molecule has 0 aliphatic heterocycles. The Balaban J connectivity index is 1.74. The van der Waals surface area contributed by atoms with Gasteiger partial charge in [0.25, 0.3) is 5.91 Å². The maximum atomic E-state index is 13.7. The zero-order chi connectivity index (χ0) is 25.3. The minimum atomic E-state index is -4.81. The van der Waals surface area contributed by atoms with Crippen molar-refractivity contribution in [3.05, 3.63) is 71.2 Å². The molecule has 0 unspecified atom stereocenters. The van der Waals surface area contributed by atoms with E-state index in [1.165, 1.54) is 36.6 Å². The van der Waals surface area contributed by atoms with Crippen molar-refractivity contribution in [3.63, 3.8) is 0 Å². The van der Waals surface area contributed by atoms with Crippen LogP contribution < -0.4 is 5.32 Å². The van der Waals surface area contributed by atoms with Crippen molar-refractivity contribution in [2.45, 2.75) is 6.18 Å². The number of esters is 2. The van der Waals surface area contributed by atoms with E-state index in [9.17, 15) is 27.6 Å². The molecule has 0 aliphatic rings. The number of furan rings is 1. The van der Waals surface area contributed by atoms with E-state index in [-0.39, 0.29) is 33.9 Å². The summed E-state index contributed by atoms with van der Waals surface area (Å²) < 4.78 is 56.0. The molecule has 4 aromatic rings. The van der Waals surface area contributed by atoms with Gasteiger partial charge >= 0.3 is 18.1 Å². The van der Waals surface area contributed by atoms with Crippen LogP contribution in [0.25, 0.3) is 17.1 Å². The van der Waals surface area contributed by atoms with Gasteiger partial charge in [0.15, 0.2) is 22.8 Å². The number of anilines is 1. The van der Waals surface area contributed by atoms with Gasteiger partial charge in [0.2, 0.25) is 0 Å². The lowest BCUT2D eigenvalue weighted by Crippen LogP contribution is -2.16. The summed E-state index contributed by atoms with van der Waals surface area (Å²) in [5, 5.41) is 6.15. The summed E-state index contributed by atoms with van der Waals surface area (Å²) in [6, 6.07) is 8.39. The van der Waals surface area contributed by atoms with Crippen LogP contribution in [0, 0.1) is 0 Å². The summed E-state index contributed by atoms with van der Waals surface area (Å²) in [6.45, 7) is 0. The monoisotopic (exact) mass is 488 g/mol. The van der Waals surface area contributed by atoms with E-state index in [2.05, 4.69) is 24.9 Å². The molecular weight excluding hydrogens is 473 g/mol. The molecule has 0 saturated heterocycles. The fourth-order valence-corrected chi connectivity index (χ4v) is 3.20. The average molecular weight is 488 g/mol. The van der Waals surface area contributed by atoms with Gasteiger partial charge in [-0.1, -0.05) is 0 Å². The van der Waals surface area contributed by atoms with Gasteiger partial charge in [0, 0.05) is 11.8 Å². The molecular formula is C22H15F3N4O6. The maximum absolute atomic E-state index is 13.7. The predicted octanol–water partition coefficient (Wildman–Crippen LogP) is 3.83. The Hall–Kier alpha value is -4.68. The Morgan fingerprint density at radius 2 is 1.66 bits per heavy atom. The molecule has 4 rings (SSSR count). The number of methoxy groups -OCH3 is 2. The highest BCUT2D eigenvalue weighted by atomic mass is 19.4. The van der Waals surface area contributed by atoms with E-state index in [4.69, 9.17) is 4.42 Å². The summed E-state index contributed by atoms with van der Waals surface area (Å²) in [5.41, 5.74) is -2.08. The van der Waals surface area contributed by atoms with E-state index < -0.39 is 35.4 Å². The Kier molecular flexibility index (Phi) is 5.99. The van der Waals surface area contributed by atoms with Gasteiger partial charge in [-0.3, -0.25) is 4.79 Å². The first-order valence-electron chi connectivity index (χ1n) is 9.75. The Labute approximate surface area is 194 Å². The molecule has 3 heterocycles. The van der Waals surface area contributed by atoms with Gasteiger partial charge in [-0.2, -0.15) is 18.3 Å². The Bertz CT molecular complexity index is 1410. The third-order valence-corrected chi connectivity index (χ3v) is 4.76. The first kappa shape index (κ1) is 23.5. The number of amides is 1. The summed E-state index contributed by atoms with van der Waals surface area (Å²) >= 11 is 0. The molecule has 13 heteroatoms. The molecule has 180 valence electrons. The molecule has 35 heavy (non-hydrogen) atoms. The first-order chi connectivity index (χ1) is 16.6. The number of nitrogens with one attached hydrogen (secondary N) is 1. The Morgan fingerprint density at radius 1 is 1.00 bits per heavy atom. The number of ether oxygens (including phenoxy) is 2. The first-order valence-corrected chi connectivity index (χ1v) is 9.75. The van der Waals surface area contributed by atoms with Gasteiger partial charge in [0.1, 0.15) is 5.69 Å². The van der Waals surface area contributed by atoms with Crippen molar-refractivity contribution in [1.82, 2.24) is 14.6 Å². The molecule has 1 N–H and O–H groups in total. The van der Waals surface area contributed by atoms with Crippen molar-refractivity contribution in [1.29, 1.82) is 0 Å². The molecule has 0 fully saturated rings. The van der Waals surface area contributed by atoms with Crippen molar-refractivity contribution in [2.24, 2.45) is 0 Å². The number of alkyl halides is 3. The molecule has 0 radical (unpaired) electrons. The van der Waals surface area contributed by atoms with E-state index in [0.29, 0.717) is 4.52 Å². The maximum Gasteiger partial charge on any atom is 0.433 e. The number of carbonyl (C=O) groups is 3. The molecule has 10 nitrogen and oxygen atoms in total. The SMILES string of the molecule is COC(=O)c1cc(NC(=O)c2cc3nc(-c4ccco4)cc(C(F)(F)F)n3n2)cc(C(=O)OC)c1. The predicted molar refractivity (Wildman–Crippen MR) is 113 cm³/mol. The minimum Gasteiger partial charge on any atom is -0.465 e. The van der Waals surface area contributed by atoms with Crippen LogP contribution in [0.2, 0.25) is 0 Å². The average Bonchev–Trinajstić information content (AvgIpc) is 3.51. The topological polar surface area (TPSA) is 125 Å². The normalized spacial score (nSPS) is 11.3. The fraction of sp³-hybridized carbons (Fsp3) is 0.136. The summed E-state index contributed by atoms with van der Waals surface area (Å²) in [7, 11) is 2.26. The van der Waals surface area contributed by atoms with E-state index in [0.717, 1.165) is 26.4 Å². The van der Waals surface area contributed by atoms with Crippen LogP contribution in [0.1, 0.15) is 36.9 Å². The molecule has 1 aromatic carbocycles. The molecule has 1 amide bonds. The number of fused-ring (bicyclic) bond motifs is 1. The van der Waals surface area contributed by atoms with Crippen LogP contribution in [0.5, 0.6) is 0 Å². The standard InChI is InChI=1S/C22H15F3N4O6/c1-33-20(31)11-6-12(21(32)34-2)8-13(7-11)26-19(30)15-10-18-27-14(16-4-3-5-35-16)9-17(22(23,24)25)29(18)28-15/h3-10H,1-2H3,(H,26,30). The second kappa shape index (κ2) is 8.93. The van der Waals surface area contributed by atoms with Crippen LogP contribution in [-0.4, -0.2) is 46.7 Å². The van der Waals surface area contributed by atoms with E-state index >= 15 is 0 Å². The van der Waals surface area contributed by atoms with Gasteiger partial charge < -0.3 is 19.2 Å². The van der Waals surface area contributed by atoms with Crippen LogP contribution in [0.15, 0.2) is 53.1 Å². The highest BCUT2D eigenvalue weighted by Gasteiger charge is 2.36. The van der Waals surface area contributed by atoms with Crippen molar-refractivity contribution >= 4 is 29.2 Å². The van der Waals surface area contributed by atoms with E-state index in [1.807, 2.05) is 0 Å². The zero-order valence-corrected chi connectivity index (χ0v) is 18.0. The molecule has 0 atom stereocenters. The third-order valence-electron chi connectivity index (χ3n) is 4.76. The van der Waals surface area contributed by atoms with Crippen molar-refractivity contribution < 1.29 is 41.4 Å². The number of rotatable bonds is 5.